The third-order valence-corrected chi connectivity index (χ3v) is 3.85. The SMILES string of the molecule is O=S(=O)(O)C(P)c1ccccc1O. The number of hydrogen-bond donors (Lipinski definition) is 2. The molecule has 0 aliphatic carbocycles. The van der Waals surface area contributed by atoms with E-state index in [2.05, 4.69) is 0 Å². The Balaban J connectivity index is 3.17. The van der Waals surface area contributed by atoms with Crippen molar-refractivity contribution in [2.45, 2.75) is 4.99 Å². The van der Waals surface area contributed by atoms with Crippen LogP contribution in [0.4, 0.5) is 0 Å². The molecular formula is C7H9O4PS. The monoisotopic (exact) mass is 220 g/mol. The van der Waals surface area contributed by atoms with Crippen LogP contribution in [-0.4, -0.2) is 18.1 Å². The van der Waals surface area contributed by atoms with E-state index in [4.69, 9.17) is 4.55 Å². The molecule has 0 saturated carbocycles. The second-order valence-electron chi connectivity index (χ2n) is 2.49. The van der Waals surface area contributed by atoms with Crippen molar-refractivity contribution in [3.63, 3.8) is 0 Å². The fourth-order valence-electron chi connectivity index (χ4n) is 0.889. The Morgan fingerprint density at radius 3 is 2.31 bits per heavy atom. The molecule has 2 unspecified atom stereocenters. The molecule has 0 heterocycles. The van der Waals surface area contributed by atoms with Crippen molar-refractivity contribution in [1.29, 1.82) is 0 Å². The normalized spacial score (nSPS) is 14.0. The van der Waals surface area contributed by atoms with Gasteiger partial charge in [0.05, 0.1) is 0 Å². The fraction of sp³-hybridized carbons (Fsp3) is 0.143. The second kappa shape index (κ2) is 3.62. The molecule has 0 aliphatic heterocycles. The molecule has 13 heavy (non-hydrogen) atoms. The highest BCUT2D eigenvalue weighted by Crippen LogP contribution is 2.33. The number of para-hydroxylation sites is 1. The van der Waals surface area contributed by atoms with Crippen LogP contribution in [0.2, 0.25) is 0 Å². The molecule has 1 aromatic rings. The summed E-state index contributed by atoms with van der Waals surface area (Å²) in [5.74, 6) is -0.153. The van der Waals surface area contributed by atoms with Crippen molar-refractivity contribution in [3.8, 4) is 5.75 Å². The van der Waals surface area contributed by atoms with E-state index in [0.717, 1.165) is 0 Å². The summed E-state index contributed by atoms with van der Waals surface area (Å²) in [5, 5.41) is 9.26. The van der Waals surface area contributed by atoms with Gasteiger partial charge in [-0.05, 0) is 6.07 Å². The standard InChI is InChI=1S/C7H9O4PS/c8-6-4-2-1-3-5(6)7(12)13(9,10)11/h1-4,7-8H,12H2,(H,9,10,11). The van der Waals surface area contributed by atoms with Gasteiger partial charge in [-0.1, -0.05) is 18.2 Å². The van der Waals surface area contributed by atoms with Crippen LogP contribution < -0.4 is 0 Å². The van der Waals surface area contributed by atoms with E-state index in [1.165, 1.54) is 12.1 Å². The van der Waals surface area contributed by atoms with Crippen LogP contribution in [0.25, 0.3) is 0 Å². The first-order valence-electron chi connectivity index (χ1n) is 3.42. The molecule has 0 fully saturated rings. The molecule has 4 nitrogen and oxygen atoms in total. The molecule has 0 aliphatic rings. The second-order valence-corrected chi connectivity index (χ2v) is 5.18. The van der Waals surface area contributed by atoms with Crippen LogP contribution in [0.15, 0.2) is 24.3 Å². The average Bonchev–Trinajstić information content (AvgIpc) is 2.02. The zero-order valence-corrected chi connectivity index (χ0v) is 8.55. The van der Waals surface area contributed by atoms with E-state index in [0.29, 0.717) is 0 Å². The topological polar surface area (TPSA) is 74.6 Å². The summed E-state index contributed by atoms with van der Waals surface area (Å²) in [6, 6.07) is 5.94. The zero-order chi connectivity index (χ0) is 10.1. The predicted octanol–water partition coefficient (Wildman–Crippen LogP) is 1.15. The van der Waals surface area contributed by atoms with Gasteiger partial charge in [0.25, 0.3) is 10.1 Å². The van der Waals surface area contributed by atoms with E-state index in [1.54, 1.807) is 12.1 Å². The molecule has 1 rings (SSSR count). The summed E-state index contributed by atoms with van der Waals surface area (Å²) in [7, 11) is -2.22. The van der Waals surface area contributed by atoms with Gasteiger partial charge >= 0.3 is 0 Å². The van der Waals surface area contributed by atoms with Crippen molar-refractivity contribution in [2.24, 2.45) is 0 Å². The minimum atomic E-state index is -4.18. The van der Waals surface area contributed by atoms with Gasteiger partial charge in [0, 0.05) is 5.56 Å². The molecule has 72 valence electrons. The highest BCUT2D eigenvalue weighted by Gasteiger charge is 2.21. The maximum Gasteiger partial charge on any atom is 0.275 e. The first kappa shape index (κ1) is 10.4. The van der Waals surface area contributed by atoms with Crippen LogP contribution in [0.3, 0.4) is 0 Å². The summed E-state index contributed by atoms with van der Waals surface area (Å²) in [4.78, 5) is -1.19. The highest BCUT2D eigenvalue weighted by atomic mass is 32.2. The van der Waals surface area contributed by atoms with Crippen molar-refractivity contribution >= 4 is 19.4 Å². The van der Waals surface area contributed by atoms with Gasteiger partial charge in [-0.15, -0.1) is 9.24 Å². The van der Waals surface area contributed by atoms with Crippen LogP contribution in [0, 0.1) is 0 Å². The Labute approximate surface area is 78.5 Å². The number of phenolic OH excluding ortho intramolecular Hbond substituents is 1. The van der Waals surface area contributed by atoms with Gasteiger partial charge in [-0.25, -0.2) is 0 Å². The molecule has 0 aromatic heterocycles. The molecule has 0 spiro atoms. The number of hydrogen-bond acceptors (Lipinski definition) is 3. The van der Waals surface area contributed by atoms with Crippen molar-refractivity contribution in [3.05, 3.63) is 29.8 Å². The van der Waals surface area contributed by atoms with E-state index >= 15 is 0 Å². The van der Waals surface area contributed by atoms with Gasteiger partial charge in [0.15, 0.2) is 0 Å². The van der Waals surface area contributed by atoms with Crippen LogP contribution in [-0.2, 0) is 10.1 Å². The van der Waals surface area contributed by atoms with Crippen LogP contribution in [0.5, 0.6) is 5.75 Å². The lowest BCUT2D eigenvalue weighted by atomic mass is 10.2. The first-order chi connectivity index (χ1) is 5.93. The lowest BCUT2D eigenvalue weighted by molar-refractivity contribution is 0.461. The Morgan fingerprint density at radius 2 is 1.85 bits per heavy atom. The molecule has 0 saturated heterocycles. The zero-order valence-electron chi connectivity index (χ0n) is 6.58. The highest BCUT2D eigenvalue weighted by molar-refractivity contribution is 7.90. The minimum Gasteiger partial charge on any atom is -0.508 e. The summed E-state index contributed by atoms with van der Waals surface area (Å²) in [6.45, 7) is 0. The lowest BCUT2D eigenvalue weighted by Crippen LogP contribution is -2.05. The molecular weight excluding hydrogens is 211 g/mol. The summed E-state index contributed by atoms with van der Waals surface area (Å²) < 4.78 is 30.1. The predicted molar refractivity (Wildman–Crippen MR) is 52.1 cm³/mol. The molecule has 0 bridgehead atoms. The Hall–Kier alpha value is -0.640. The van der Waals surface area contributed by atoms with Crippen LogP contribution in [0.1, 0.15) is 10.6 Å². The van der Waals surface area contributed by atoms with Crippen molar-refractivity contribution in [1.82, 2.24) is 0 Å². The molecule has 0 radical (unpaired) electrons. The average molecular weight is 220 g/mol. The molecule has 2 N–H and O–H groups in total. The summed E-state index contributed by atoms with van der Waals surface area (Å²) in [6.07, 6.45) is 0. The number of aromatic hydroxyl groups is 1. The summed E-state index contributed by atoms with van der Waals surface area (Å²) in [5.41, 5.74) is 0.162. The van der Waals surface area contributed by atoms with Crippen LogP contribution >= 0.6 is 9.24 Å². The van der Waals surface area contributed by atoms with Gasteiger partial charge in [-0.3, -0.25) is 4.55 Å². The summed E-state index contributed by atoms with van der Waals surface area (Å²) >= 11 is 0. The van der Waals surface area contributed by atoms with Crippen molar-refractivity contribution in [2.75, 3.05) is 0 Å². The third-order valence-electron chi connectivity index (χ3n) is 1.56. The first-order valence-corrected chi connectivity index (χ1v) is 5.59. The number of benzene rings is 1. The number of phenols is 1. The molecule has 0 amide bonds. The fourth-order valence-corrected chi connectivity index (χ4v) is 1.69. The smallest absolute Gasteiger partial charge is 0.275 e. The Morgan fingerprint density at radius 1 is 1.31 bits per heavy atom. The Kier molecular flexibility index (Phi) is 2.91. The van der Waals surface area contributed by atoms with E-state index in [9.17, 15) is 13.5 Å². The van der Waals surface area contributed by atoms with Gasteiger partial charge in [0.1, 0.15) is 10.7 Å². The van der Waals surface area contributed by atoms with E-state index in [1.807, 2.05) is 9.24 Å². The third kappa shape index (κ3) is 2.40. The molecule has 6 heteroatoms. The quantitative estimate of drug-likeness (QED) is 0.579. The van der Waals surface area contributed by atoms with E-state index in [-0.39, 0.29) is 11.3 Å². The number of rotatable bonds is 2. The largest absolute Gasteiger partial charge is 0.508 e. The van der Waals surface area contributed by atoms with Gasteiger partial charge in [-0.2, -0.15) is 8.42 Å². The lowest BCUT2D eigenvalue weighted by Gasteiger charge is -2.09. The van der Waals surface area contributed by atoms with Crippen molar-refractivity contribution < 1.29 is 18.1 Å². The molecule has 2 atom stereocenters. The minimum absolute atomic E-state index is 0.153. The Bertz CT molecular complexity index is 401. The van der Waals surface area contributed by atoms with Gasteiger partial charge in [0.2, 0.25) is 0 Å². The molecule has 1 aromatic carbocycles. The van der Waals surface area contributed by atoms with Gasteiger partial charge < -0.3 is 5.11 Å². The van der Waals surface area contributed by atoms with E-state index < -0.39 is 15.1 Å². The maximum absolute atomic E-state index is 10.7. The maximum atomic E-state index is 10.7.